The van der Waals surface area contributed by atoms with Gasteiger partial charge in [0, 0.05) is 30.0 Å². The van der Waals surface area contributed by atoms with E-state index in [4.69, 9.17) is 12.2 Å². The van der Waals surface area contributed by atoms with E-state index in [-0.39, 0.29) is 5.91 Å². The number of hydrogen-bond donors (Lipinski definition) is 2. The third-order valence-corrected chi connectivity index (χ3v) is 5.09. The lowest BCUT2D eigenvalue weighted by atomic mass is 10.1. The highest BCUT2D eigenvalue weighted by molar-refractivity contribution is 7.80. The number of rotatable bonds is 3. The van der Waals surface area contributed by atoms with Gasteiger partial charge in [0.05, 0.1) is 0 Å². The molecule has 1 amide bonds. The molecule has 0 radical (unpaired) electrons. The van der Waals surface area contributed by atoms with Crippen LogP contribution in [0.2, 0.25) is 0 Å². The molecule has 0 aliphatic carbocycles. The van der Waals surface area contributed by atoms with Crippen LogP contribution in [-0.4, -0.2) is 29.0 Å². The average Bonchev–Trinajstić information content (AvgIpc) is 2.66. The van der Waals surface area contributed by atoms with Crippen molar-refractivity contribution in [1.29, 1.82) is 0 Å². The van der Waals surface area contributed by atoms with Crippen molar-refractivity contribution in [3.05, 3.63) is 59.2 Å². The molecular formula is C21H25N3OS. The zero-order valence-corrected chi connectivity index (χ0v) is 16.2. The molecule has 0 atom stereocenters. The minimum atomic E-state index is 0.118. The molecule has 0 spiro atoms. The van der Waals surface area contributed by atoms with Crippen LogP contribution in [0.25, 0.3) is 0 Å². The van der Waals surface area contributed by atoms with Gasteiger partial charge in [-0.25, -0.2) is 0 Å². The Balaban J connectivity index is 1.61. The van der Waals surface area contributed by atoms with E-state index in [0.29, 0.717) is 5.11 Å². The Kier molecular flexibility index (Phi) is 5.89. The number of carbonyl (C=O) groups excluding carboxylic acids is 1. The molecule has 5 heteroatoms. The van der Waals surface area contributed by atoms with E-state index in [1.165, 1.54) is 17.5 Å². The maximum atomic E-state index is 12.5. The van der Waals surface area contributed by atoms with Crippen molar-refractivity contribution in [2.75, 3.05) is 23.7 Å². The van der Waals surface area contributed by atoms with Gasteiger partial charge in [0.1, 0.15) is 0 Å². The van der Waals surface area contributed by atoms with Gasteiger partial charge < -0.3 is 15.5 Å². The number of anilines is 2. The Hall–Kier alpha value is -2.40. The maximum absolute atomic E-state index is 12.5. The van der Waals surface area contributed by atoms with Crippen LogP contribution in [0.5, 0.6) is 0 Å². The summed E-state index contributed by atoms with van der Waals surface area (Å²) in [5.74, 6) is 0.118. The van der Waals surface area contributed by atoms with Gasteiger partial charge in [-0.05, 0) is 86.8 Å². The van der Waals surface area contributed by atoms with E-state index in [1.807, 2.05) is 41.3 Å². The lowest BCUT2D eigenvalue weighted by molar-refractivity contribution is 0.0724. The van der Waals surface area contributed by atoms with Crippen LogP contribution in [0.15, 0.2) is 42.5 Å². The number of thiocarbonyl (C=S) groups is 1. The summed E-state index contributed by atoms with van der Waals surface area (Å²) in [6.45, 7) is 5.88. The number of piperidine rings is 1. The Labute approximate surface area is 160 Å². The number of nitrogens with one attached hydrogen (secondary N) is 2. The minimum Gasteiger partial charge on any atom is -0.339 e. The number of amides is 1. The molecule has 1 aliphatic rings. The first kappa shape index (κ1) is 18.4. The predicted octanol–water partition coefficient (Wildman–Crippen LogP) is 4.74. The molecule has 2 aromatic carbocycles. The second kappa shape index (κ2) is 8.32. The van der Waals surface area contributed by atoms with Gasteiger partial charge >= 0.3 is 0 Å². The lowest BCUT2D eigenvalue weighted by Crippen LogP contribution is -2.35. The highest BCUT2D eigenvalue weighted by Gasteiger charge is 2.17. The lowest BCUT2D eigenvalue weighted by Gasteiger charge is -2.26. The molecule has 26 heavy (non-hydrogen) atoms. The minimum absolute atomic E-state index is 0.118. The molecule has 2 aromatic rings. The summed E-state index contributed by atoms with van der Waals surface area (Å²) in [4.78, 5) is 14.5. The summed E-state index contributed by atoms with van der Waals surface area (Å²) in [6, 6.07) is 13.6. The van der Waals surface area contributed by atoms with Crippen LogP contribution in [-0.2, 0) is 0 Å². The summed E-state index contributed by atoms with van der Waals surface area (Å²) >= 11 is 5.41. The van der Waals surface area contributed by atoms with E-state index in [2.05, 4.69) is 30.5 Å². The van der Waals surface area contributed by atoms with Gasteiger partial charge in [0.15, 0.2) is 5.11 Å². The molecule has 3 rings (SSSR count). The molecule has 1 saturated heterocycles. The van der Waals surface area contributed by atoms with Gasteiger partial charge in [-0.2, -0.15) is 0 Å². The molecule has 136 valence electrons. The van der Waals surface area contributed by atoms with Gasteiger partial charge in [-0.1, -0.05) is 12.1 Å². The Morgan fingerprint density at radius 3 is 2.35 bits per heavy atom. The smallest absolute Gasteiger partial charge is 0.253 e. The first-order valence-corrected chi connectivity index (χ1v) is 9.49. The van der Waals surface area contributed by atoms with Gasteiger partial charge in [0.2, 0.25) is 0 Å². The molecule has 0 bridgehead atoms. The number of hydrogen-bond acceptors (Lipinski definition) is 2. The van der Waals surface area contributed by atoms with E-state index >= 15 is 0 Å². The monoisotopic (exact) mass is 367 g/mol. The average molecular weight is 368 g/mol. The molecule has 0 saturated carbocycles. The summed E-state index contributed by atoms with van der Waals surface area (Å²) in [7, 11) is 0. The maximum Gasteiger partial charge on any atom is 0.253 e. The second-order valence-corrected chi connectivity index (χ2v) is 7.17. The topological polar surface area (TPSA) is 44.4 Å². The number of benzene rings is 2. The van der Waals surface area contributed by atoms with Gasteiger partial charge in [-0.3, -0.25) is 4.79 Å². The van der Waals surface area contributed by atoms with Crippen LogP contribution in [0.1, 0.15) is 40.7 Å². The van der Waals surface area contributed by atoms with Crippen molar-refractivity contribution < 1.29 is 4.79 Å². The fraction of sp³-hybridized carbons (Fsp3) is 0.333. The summed E-state index contributed by atoms with van der Waals surface area (Å²) in [5.41, 5.74) is 4.99. The van der Waals surface area contributed by atoms with Crippen molar-refractivity contribution in [2.45, 2.75) is 33.1 Å². The number of nitrogens with zero attached hydrogens (tertiary/aromatic N) is 1. The van der Waals surface area contributed by atoms with E-state index < -0.39 is 0 Å². The standard InChI is InChI=1S/C21H25N3OS/c1-15-7-6-8-19(16(15)2)23-21(26)22-18-11-9-17(10-12-18)20(25)24-13-4-3-5-14-24/h6-12H,3-5,13-14H2,1-2H3,(H2,22,23,26). The largest absolute Gasteiger partial charge is 0.339 e. The Bertz CT molecular complexity index is 795. The van der Waals surface area contributed by atoms with Crippen LogP contribution >= 0.6 is 12.2 Å². The molecule has 0 unspecified atom stereocenters. The Morgan fingerprint density at radius 2 is 1.65 bits per heavy atom. The number of aryl methyl sites for hydroxylation is 1. The Morgan fingerprint density at radius 1 is 0.962 bits per heavy atom. The van der Waals surface area contributed by atoms with Crippen molar-refractivity contribution >= 4 is 34.6 Å². The summed E-state index contributed by atoms with van der Waals surface area (Å²) in [6.07, 6.45) is 3.42. The van der Waals surface area contributed by atoms with Crippen LogP contribution in [0, 0.1) is 13.8 Å². The number of likely N-dealkylation sites (tertiary alicyclic amines) is 1. The fourth-order valence-electron chi connectivity index (χ4n) is 3.15. The third-order valence-electron chi connectivity index (χ3n) is 4.89. The first-order valence-electron chi connectivity index (χ1n) is 9.08. The zero-order valence-electron chi connectivity index (χ0n) is 15.3. The van der Waals surface area contributed by atoms with Crippen LogP contribution < -0.4 is 10.6 Å². The molecule has 1 fully saturated rings. The summed E-state index contributed by atoms with van der Waals surface area (Å²) < 4.78 is 0. The van der Waals surface area contributed by atoms with E-state index in [9.17, 15) is 4.79 Å². The zero-order chi connectivity index (χ0) is 18.5. The molecule has 1 heterocycles. The second-order valence-electron chi connectivity index (χ2n) is 6.76. The number of carbonyl (C=O) groups is 1. The fourth-order valence-corrected chi connectivity index (χ4v) is 3.37. The molecule has 1 aliphatic heterocycles. The first-order chi connectivity index (χ1) is 12.5. The van der Waals surface area contributed by atoms with Crippen LogP contribution in [0.3, 0.4) is 0 Å². The molecule has 0 aromatic heterocycles. The van der Waals surface area contributed by atoms with Crippen molar-refractivity contribution in [1.82, 2.24) is 4.90 Å². The van der Waals surface area contributed by atoms with E-state index in [0.717, 1.165) is 42.9 Å². The highest BCUT2D eigenvalue weighted by Crippen LogP contribution is 2.19. The highest BCUT2D eigenvalue weighted by atomic mass is 32.1. The quantitative estimate of drug-likeness (QED) is 0.769. The van der Waals surface area contributed by atoms with Crippen molar-refractivity contribution in [2.24, 2.45) is 0 Å². The summed E-state index contributed by atoms with van der Waals surface area (Å²) in [5, 5.41) is 6.95. The molecule has 4 nitrogen and oxygen atoms in total. The molecule has 2 N–H and O–H groups in total. The molecular weight excluding hydrogens is 342 g/mol. The van der Waals surface area contributed by atoms with E-state index in [1.54, 1.807) is 0 Å². The normalized spacial score (nSPS) is 14.0. The van der Waals surface area contributed by atoms with Gasteiger partial charge in [0.25, 0.3) is 5.91 Å². The van der Waals surface area contributed by atoms with Gasteiger partial charge in [-0.15, -0.1) is 0 Å². The SMILES string of the molecule is Cc1cccc(NC(=S)Nc2ccc(C(=O)N3CCCCC3)cc2)c1C. The third kappa shape index (κ3) is 4.41. The van der Waals surface area contributed by atoms with Crippen LogP contribution in [0.4, 0.5) is 11.4 Å². The van der Waals surface area contributed by atoms with Crippen molar-refractivity contribution in [3.63, 3.8) is 0 Å². The van der Waals surface area contributed by atoms with Crippen molar-refractivity contribution in [3.8, 4) is 0 Å². The predicted molar refractivity (Wildman–Crippen MR) is 112 cm³/mol.